The maximum Gasteiger partial charge on any atom is 0.160 e. The van der Waals surface area contributed by atoms with E-state index in [2.05, 4.69) is 265 Å². The van der Waals surface area contributed by atoms with Crippen LogP contribution >= 0.6 is 0 Å². The van der Waals surface area contributed by atoms with Gasteiger partial charge in [-0.25, -0.2) is 9.97 Å². The second-order valence-electron chi connectivity index (χ2n) is 17.0. The first-order chi connectivity index (χ1) is 33.2. The Morgan fingerprint density at radius 1 is 0.254 bits per heavy atom. The summed E-state index contributed by atoms with van der Waals surface area (Å²) in [5, 5.41) is 1.08. The van der Waals surface area contributed by atoms with Crippen LogP contribution in [0.1, 0.15) is 0 Å². The Labute approximate surface area is 390 Å². The normalized spacial score (nSPS) is 11.3. The van der Waals surface area contributed by atoms with Gasteiger partial charge in [-0.2, -0.15) is 0 Å². The van der Waals surface area contributed by atoms with Crippen molar-refractivity contribution in [3.63, 3.8) is 0 Å². The molecule has 0 radical (unpaired) electrons. The van der Waals surface area contributed by atoms with Crippen LogP contribution in [0.3, 0.4) is 0 Å². The Balaban J connectivity index is 0.990. The van der Waals surface area contributed by atoms with Crippen LogP contribution in [0.4, 0.5) is 0 Å². The molecule has 10 aromatic carbocycles. The van der Waals surface area contributed by atoms with E-state index in [0.29, 0.717) is 5.82 Å². The highest BCUT2D eigenvalue weighted by atomic mass is 15.0. The van der Waals surface area contributed by atoms with E-state index >= 15 is 0 Å². The molecule has 0 aliphatic heterocycles. The summed E-state index contributed by atoms with van der Waals surface area (Å²) in [6.45, 7) is 0. The zero-order valence-electron chi connectivity index (χ0n) is 36.7. The summed E-state index contributed by atoms with van der Waals surface area (Å²) in [6.07, 6.45) is 0. The fraction of sp³-hybridized carbons (Fsp3) is 0. The van der Waals surface area contributed by atoms with Crippen LogP contribution in [-0.2, 0) is 0 Å². The maximum atomic E-state index is 5.53. The van der Waals surface area contributed by atoms with Gasteiger partial charge in [0.1, 0.15) is 5.52 Å². The SMILES string of the molecule is c1ccc(-c2cccc(-c3cc(-c4ccccc4)cc(-c4cccc(-c5cccc(-c6nc(-c7cccc(-c8ccccc8)c7)c7c(n6)c6ccccc6n7-c6ccccc6)c5)c4)c3)c2)cc1. The number of rotatable bonds is 9. The van der Waals surface area contributed by atoms with Gasteiger partial charge >= 0.3 is 0 Å². The van der Waals surface area contributed by atoms with Crippen LogP contribution in [0, 0.1) is 0 Å². The molecule has 0 aliphatic rings. The highest BCUT2D eigenvalue weighted by Gasteiger charge is 2.22. The first-order valence-electron chi connectivity index (χ1n) is 22.8. The lowest BCUT2D eigenvalue weighted by Gasteiger charge is -2.14. The highest BCUT2D eigenvalue weighted by molar-refractivity contribution is 6.11. The molecule has 0 unspecified atom stereocenters. The first-order valence-corrected chi connectivity index (χ1v) is 22.8. The van der Waals surface area contributed by atoms with Gasteiger partial charge in [0.25, 0.3) is 0 Å². The van der Waals surface area contributed by atoms with Gasteiger partial charge in [-0.15, -0.1) is 0 Å². The number of para-hydroxylation sites is 2. The fourth-order valence-corrected chi connectivity index (χ4v) is 9.48. The van der Waals surface area contributed by atoms with Gasteiger partial charge in [0, 0.05) is 22.2 Å². The van der Waals surface area contributed by atoms with Crippen LogP contribution < -0.4 is 0 Å². The fourth-order valence-electron chi connectivity index (χ4n) is 9.48. The zero-order valence-corrected chi connectivity index (χ0v) is 36.7. The molecule has 0 saturated heterocycles. The summed E-state index contributed by atoms with van der Waals surface area (Å²) in [4.78, 5) is 11.0. The molecule has 67 heavy (non-hydrogen) atoms. The Morgan fingerprint density at radius 3 is 1.13 bits per heavy atom. The van der Waals surface area contributed by atoms with Crippen molar-refractivity contribution in [2.45, 2.75) is 0 Å². The third-order valence-electron chi connectivity index (χ3n) is 12.8. The molecule has 0 saturated carbocycles. The molecule has 314 valence electrons. The van der Waals surface area contributed by atoms with Crippen LogP contribution in [0.15, 0.2) is 261 Å². The molecular weight excluding hydrogens is 811 g/mol. The molecule has 2 aromatic heterocycles. The molecule has 2 heterocycles. The summed E-state index contributed by atoms with van der Waals surface area (Å²) < 4.78 is 2.32. The lowest BCUT2D eigenvalue weighted by atomic mass is 9.91. The lowest BCUT2D eigenvalue weighted by Crippen LogP contribution is -2.00. The Morgan fingerprint density at radius 2 is 0.597 bits per heavy atom. The van der Waals surface area contributed by atoms with Gasteiger partial charge in [0.05, 0.1) is 16.7 Å². The number of hydrogen-bond acceptors (Lipinski definition) is 2. The van der Waals surface area contributed by atoms with Crippen LogP contribution in [-0.4, -0.2) is 14.5 Å². The topological polar surface area (TPSA) is 30.7 Å². The molecule has 3 heteroatoms. The van der Waals surface area contributed by atoms with E-state index in [1.807, 2.05) is 0 Å². The predicted octanol–water partition coefficient (Wildman–Crippen LogP) is 16.9. The number of fused-ring (bicyclic) bond motifs is 3. The van der Waals surface area contributed by atoms with E-state index in [1.54, 1.807) is 0 Å². The quantitative estimate of drug-likeness (QED) is 0.145. The third-order valence-corrected chi connectivity index (χ3v) is 12.8. The summed E-state index contributed by atoms with van der Waals surface area (Å²) >= 11 is 0. The van der Waals surface area contributed by atoms with Crippen molar-refractivity contribution in [1.82, 2.24) is 14.5 Å². The summed E-state index contributed by atoms with van der Waals surface area (Å²) in [5.74, 6) is 0.680. The van der Waals surface area contributed by atoms with Crippen molar-refractivity contribution < 1.29 is 0 Å². The van der Waals surface area contributed by atoms with Crippen molar-refractivity contribution in [3.8, 4) is 95.1 Å². The van der Waals surface area contributed by atoms with Crippen molar-refractivity contribution in [2.24, 2.45) is 0 Å². The van der Waals surface area contributed by atoms with E-state index < -0.39 is 0 Å². The van der Waals surface area contributed by atoms with Crippen molar-refractivity contribution in [3.05, 3.63) is 261 Å². The number of benzene rings is 10. The van der Waals surface area contributed by atoms with Gasteiger partial charge in [0.15, 0.2) is 5.82 Å². The third kappa shape index (κ3) is 7.69. The first kappa shape index (κ1) is 39.7. The minimum absolute atomic E-state index is 0.680. The zero-order chi connectivity index (χ0) is 44.5. The van der Waals surface area contributed by atoms with Gasteiger partial charge in [0.2, 0.25) is 0 Å². The monoisotopic (exact) mass is 853 g/mol. The smallest absolute Gasteiger partial charge is 0.160 e. The van der Waals surface area contributed by atoms with Crippen molar-refractivity contribution in [2.75, 3.05) is 0 Å². The molecule has 0 N–H and O–H groups in total. The molecule has 0 spiro atoms. The number of hydrogen-bond donors (Lipinski definition) is 0. The molecule has 0 amide bonds. The Bertz CT molecular complexity index is 3730. The van der Waals surface area contributed by atoms with Crippen molar-refractivity contribution in [1.29, 1.82) is 0 Å². The minimum atomic E-state index is 0.680. The minimum Gasteiger partial charge on any atom is -0.306 e. The van der Waals surface area contributed by atoms with Gasteiger partial charge < -0.3 is 4.57 Å². The second kappa shape index (κ2) is 17.2. The highest BCUT2D eigenvalue weighted by Crippen LogP contribution is 2.40. The summed E-state index contributed by atoms with van der Waals surface area (Å²) in [6, 6.07) is 93.1. The molecule has 0 aliphatic carbocycles. The molecule has 12 rings (SSSR count). The molecule has 0 bridgehead atoms. The van der Waals surface area contributed by atoms with E-state index in [-0.39, 0.29) is 0 Å². The molecule has 3 nitrogen and oxygen atoms in total. The largest absolute Gasteiger partial charge is 0.306 e. The average Bonchev–Trinajstić information content (AvgIpc) is 3.76. The van der Waals surface area contributed by atoms with Gasteiger partial charge in [-0.3, -0.25) is 0 Å². The Kier molecular flexibility index (Phi) is 10.2. The van der Waals surface area contributed by atoms with Crippen LogP contribution in [0.25, 0.3) is 117 Å². The predicted molar refractivity (Wildman–Crippen MR) is 280 cm³/mol. The Hall–Kier alpha value is -8.92. The molecule has 0 fully saturated rings. The molecule has 12 aromatic rings. The molecule has 0 atom stereocenters. The number of aromatic nitrogens is 3. The second-order valence-corrected chi connectivity index (χ2v) is 17.0. The number of nitrogens with zero attached hydrogens (tertiary/aromatic N) is 3. The van der Waals surface area contributed by atoms with Gasteiger partial charge in [-0.05, 0) is 127 Å². The van der Waals surface area contributed by atoms with Crippen molar-refractivity contribution >= 4 is 21.9 Å². The van der Waals surface area contributed by atoms with E-state index in [1.165, 1.54) is 33.4 Å². The maximum absolute atomic E-state index is 5.53. The summed E-state index contributed by atoms with van der Waals surface area (Å²) in [5.41, 5.74) is 20.9. The van der Waals surface area contributed by atoms with Gasteiger partial charge in [-0.1, -0.05) is 200 Å². The van der Waals surface area contributed by atoms with Crippen LogP contribution in [0.5, 0.6) is 0 Å². The van der Waals surface area contributed by atoms with E-state index in [9.17, 15) is 0 Å². The molecular formula is C64H43N3. The summed E-state index contributed by atoms with van der Waals surface area (Å²) in [7, 11) is 0. The van der Waals surface area contributed by atoms with E-state index in [0.717, 1.165) is 77.8 Å². The van der Waals surface area contributed by atoms with E-state index in [4.69, 9.17) is 9.97 Å². The van der Waals surface area contributed by atoms with Crippen LogP contribution in [0.2, 0.25) is 0 Å². The standard InChI is InChI=1S/C64H43N3/c1-5-19-44(20-6-1)47-25-15-29-51(37-47)56-41-55(46-23-9-3-10-24-46)42-57(43-56)52-30-16-27-49(38-52)50-28-18-32-54(40-50)64-65-61(53-31-17-26-48(39-53)45-21-7-2-8-22-45)63-62(66-64)59-35-13-14-36-60(59)67(63)58-33-11-4-12-34-58/h1-43H. The average molecular weight is 854 g/mol. The lowest BCUT2D eigenvalue weighted by molar-refractivity contribution is 1.15.